The molecule has 31 heavy (non-hydrogen) atoms. The average Bonchev–Trinajstić information content (AvgIpc) is 3.36. The van der Waals surface area contributed by atoms with E-state index in [4.69, 9.17) is 4.74 Å². The summed E-state index contributed by atoms with van der Waals surface area (Å²) in [5.41, 5.74) is 1.38. The maximum Gasteiger partial charge on any atom is 0.341 e. The van der Waals surface area contributed by atoms with Gasteiger partial charge in [-0.1, -0.05) is 11.8 Å². The normalized spacial score (nSPS) is 14.3. The number of amides is 1. The molecule has 0 aromatic carbocycles. The van der Waals surface area contributed by atoms with E-state index < -0.39 is 5.25 Å². The van der Waals surface area contributed by atoms with Gasteiger partial charge in [0.1, 0.15) is 9.83 Å². The maximum absolute atomic E-state index is 13.0. The summed E-state index contributed by atoms with van der Waals surface area (Å²) in [4.78, 5) is 44.4. The molecule has 1 aliphatic carbocycles. The lowest BCUT2D eigenvalue weighted by atomic mass is 9.95. The Morgan fingerprint density at radius 3 is 2.90 bits per heavy atom. The second kappa shape index (κ2) is 9.13. The van der Waals surface area contributed by atoms with Gasteiger partial charge in [-0.05, 0) is 56.5 Å². The van der Waals surface area contributed by atoms with Gasteiger partial charge in [-0.25, -0.2) is 9.78 Å². The van der Waals surface area contributed by atoms with Gasteiger partial charge in [0, 0.05) is 11.9 Å². The molecule has 1 atom stereocenters. The first-order chi connectivity index (χ1) is 14.9. The Balaban J connectivity index is 1.57. The number of nitrogens with zero attached hydrogens (tertiary/aromatic N) is 2. The number of carbonyl (C=O) groups is 2. The third-order valence-electron chi connectivity index (χ3n) is 5.20. The predicted octanol–water partition coefficient (Wildman–Crippen LogP) is 4.23. The summed E-state index contributed by atoms with van der Waals surface area (Å²) < 4.78 is 6.73. The number of nitrogens with one attached hydrogen (secondary N) is 1. The van der Waals surface area contributed by atoms with Crippen LogP contribution < -0.4 is 10.9 Å². The Hall–Kier alpha value is -2.17. The van der Waals surface area contributed by atoms with Crippen LogP contribution in [0.25, 0.3) is 10.2 Å². The van der Waals surface area contributed by atoms with E-state index in [9.17, 15) is 14.4 Å². The highest BCUT2D eigenvalue weighted by Crippen LogP contribution is 2.39. The van der Waals surface area contributed by atoms with E-state index in [2.05, 4.69) is 10.3 Å². The van der Waals surface area contributed by atoms with Crippen molar-refractivity contribution in [2.45, 2.75) is 49.9 Å². The molecule has 3 aromatic heterocycles. The standard InChI is InChI=1S/C21H23N3O4S3/c1-4-28-20(27)15-12-7-5-6-8-14(12)31-18(15)22-16(25)11(2)30-21-23-17-13(9-10-29-17)19(26)24(21)3/h9-11H,4-8H2,1-3H3,(H,22,25). The van der Waals surface area contributed by atoms with Crippen LogP contribution in [0.5, 0.6) is 0 Å². The van der Waals surface area contributed by atoms with Crippen LogP contribution in [0.2, 0.25) is 0 Å². The van der Waals surface area contributed by atoms with Crippen LogP contribution in [0.3, 0.4) is 0 Å². The van der Waals surface area contributed by atoms with E-state index >= 15 is 0 Å². The first kappa shape index (κ1) is 22.0. The molecule has 1 N–H and O–H groups in total. The first-order valence-electron chi connectivity index (χ1n) is 10.1. The highest BCUT2D eigenvalue weighted by atomic mass is 32.2. The van der Waals surface area contributed by atoms with Crippen molar-refractivity contribution < 1.29 is 14.3 Å². The van der Waals surface area contributed by atoms with Gasteiger partial charge in [-0.3, -0.25) is 14.2 Å². The summed E-state index contributed by atoms with van der Waals surface area (Å²) >= 11 is 4.09. The fraction of sp³-hybridized carbons (Fsp3) is 0.429. The fourth-order valence-corrected chi connectivity index (χ4v) is 6.54. The number of aromatic nitrogens is 2. The summed E-state index contributed by atoms with van der Waals surface area (Å²) in [6, 6.07) is 1.76. The van der Waals surface area contributed by atoms with Gasteiger partial charge in [0.15, 0.2) is 5.16 Å². The van der Waals surface area contributed by atoms with Gasteiger partial charge in [-0.2, -0.15) is 0 Å². The Morgan fingerprint density at radius 1 is 1.35 bits per heavy atom. The lowest BCUT2D eigenvalue weighted by molar-refractivity contribution is -0.115. The van der Waals surface area contributed by atoms with E-state index in [1.54, 1.807) is 27.0 Å². The van der Waals surface area contributed by atoms with E-state index in [1.165, 1.54) is 39.0 Å². The largest absolute Gasteiger partial charge is 0.462 e. The summed E-state index contributed by atoms with van der Waals surface area (Å²) in [6.07, 6.45) is 3.85. The SMILES string of the molecule is CCOC(=O)c1c(NC(=O)C(C)Sc2nc3sccc3c(=O)n2C)sc2c1CCCC2. The zero-order valence-electron chi connectivity index (χ0n) is 17.5. The highest BCUT2D eigenvalue weighted by Gasteiger charge is 2.28. The number of fused-ring (bicyclic) bond motifs is 2. The van der Waals surface area contributed by atoms with Gasteiger partial charge in [-0.15, -0.1) is 22.7 Å². The molecule has 1 unspecified atom stereocenters. The number of hydrogen-bond acceptors (Lipinski definition) is 8. The molecule has 0 spiro atoms. The molecule has 0 saturated heterocycles. The van der Waals surface area contributed by atoms with Crippen molar-refractivity contribution in [3.63, 3.8) is 0 Å². The monoisotopic (exact) mass is 477 g/mol. The third kappa shape index (κ3) is 4.28. The lowest BCUT2D eigenvalue weighted by Gasteiger charge is -2.14. The minimum Gasteiger partial charge on any atom is -0.462 e. The fourth-order valence-electron chi connectivity index (χ4n) is 3.58. The molecular weight excluding hydrogens is 454 g/mol. The number of anilines is 1. The molecule has 1 aliphatic rings. The number of ether oxygens (including phenoxy) is 1. The van der Waals surface area contributed by atoms with Crippen molar-refractivity contribution >= 4 is 61.5 Å². The number of thiophene rings is 2. The first-order valence-corrected chi connectivity index (χ1v) is 12.7. The Kier molecular flexibility index (Phi) is 6.49. The van der Waals surface area contributed by atoms with Gasteiger partial charge in [0.05, 0.1) is 22.8 Å². The molecule has 4 rings (SSSR count). The molecule has 1 amide bonds. The van der Waals surface area contributed by atoms with Crippen LogP contribution in [0.15, 0.2) is 21.4 Å². The van der Waals surface area contributed by atoms with Gasteiger partial charge >= 0.3 is 5.97 Å². The molecule has 0 fully saturated rings. The molecule has 0 bridgehead atoms. The van der Waals surface area contributed by atoms with Gasteiger partial charge in [0.25, 0.3) is 5.56 Å². The minimum atomic E-state index is -0.510. The molecule has 164 valence electrons. The Labute approximate surface area is 191 Å². The Morgan fingerprint density at radius 2 is 2.13 bits per heavy atom. The summed E-state index contributed by atoms with van der Waals surface area (Å²) in [6.45, 7) is 3.83. The van der Waals surface area contributed by atoms with Crippen molar-refractivity contribution in [3.8, 4) is 0 Å². The quantitative estimate of drug-likeness (QED) is 0.325. The van der Waals surface area contributed by atoms with Crippen LogP contribution >= 0.6 is 34.4 Å². The van der Waals surface area contributed by atoms with E-state index in [0.717, 1.165) is 36.1 Å². The van der Waals surface area contributed by atoms with Crippen molar-refractivity contribution in [1.82, 2.24) is 9.55 Å². The zero-order chi connectivity index (χ0) is 22.1. The molecule has 3 aromatic rings. The maximum atomic E-state index is 13.0. The van der Waals surface area contributed by atoms with Crippen LogP contribution in [-0.2, 0) is 29.4 Å². The van der Waals surface area contributed by atoms with Crippen molar-refractivity contribution in [2.24, 2.45) is 7.05 Å². The number of carbonyl (C=O) groups excluding carboxylic acids is 2. The smallest absolute Gasteiger partial charge is 0.341 e. The van der Waals surface area contributed by atoms with Crippen LogP contribution in [0.4, 0.5) is 5.00 Å². The van der Waals surface area contributed by atoms with E-state index in [0.29, 0.717) is 25.9 Å². The topological polar surface area (TPSA) is 90.3 Å². The number of rotatable bonds is 6. The van der Waals surface area contributed by atoms with Gasteiger partial charge < -0.3 is 10.1 Å². The summed E-state index contributed by atoms with van der Waals surface area (Å²) in [5.74, 6) is -0.626. The van der Waals surface area contributed by atoms with Crippen molar-refractivity contribution in [2.75, 3.05) is 11.9 Å². The predicted molar refractivity (Wildman–Crippen MR) is 126 cm³/mol. The molecule has 10 heteroatoms. The number of aryl methyl sites for hydroxylation is 1. The number of hydrogen-bond donors (Lipinski definition) is 1. The number of esters is 1. The summed E-state index contributed by atoms with van der Waals surface area (Å²) in [7, 11) is 1.66. The second-order valence-corrected chi connectivity index (χ2v) is 10.6. The Bertz CT molecular complexity index is 1210. The summed E-state index contributed by atoms with van der Waals surface area (Å²) in [5, 5.41) is 5.88. The lowest BCUT2D eigenvalue weighted by Crippen LogP contribution is -2.25. The number of thioether (sulfide) groups is 1. The molecule has 0 radical (unpaired) electrons. The minimum absolute atomic E-state index is 0.128. The van der Waals surface area contributed by atoms with Crippen molar-refractivity contribution in [1.29, 1.82) is 0 Å². The average molecular weight is 478 g/mol. The van der Waals surface area contributed by atoms with E-state index in [1.807, 2.05) is 5.38 Å². The van der Waals surface area contributed by atoms with Crippen LogP contribution in [0.1, 0.15) is 47.5 Å². The molecule has 0 aliphatic heterocycles. The second-order valence-electron chi connectivity index (χ2n) is 7.28. The van der Waals surface area contributed by atoms with Crippen LogP contribution in [-0.4, -0.2) is 33.3 Å². The van der Waals surface area contributed by atoms with Crippen LogP contribution in [0, 0.1) is 0 Å². The molecule has 0 saturated carbocycles. The zero-order valence-corrected chi connectivity index (χ0v) is 20.0. The van der Waals surface area contributed by atoms with Crippen molar-refractivity contribution in [3.05, 3.63) is 37.8 Å². The molecular formula is C21H23N3O4S3. The third-order valence-corrected chi connectivity index (χ3v) is 8.36. The highest BCUT2D eigenvalue weighted by molar-refractivity contribution is 8.00. The molecule has 3 heterocycles. The molecule has 7 nitrogen and oxygen atoms in total. The van der Waals surface area contributed by atoms with E-state index in [-0.39, 0.29) is 24.0 Å². The van der Waals surface area contributed by atoms with Gasteiger partial charge in [0.2, 0.25) is 5.91 Å².